The Morgan fingerprint density at radius 1 is 1.18 bits per heavy atom. The van der Waals surface area contributed by atoms with Crippen LogP contribution in [0.1, 0.15) is 39.5 Å². The quantitative estimate of drug-likeness (QED) is 0.640. The monoisotopic (exact) mass is 520 g/mol. The van der Waals surface area contributed by atoms with Crippen LogP contribution >= 0.6 is 11.6 Å². The van der Waals surface area contributed by atoms with Gasteiger partial charge in [0, 0.05) is 23.7 Å². The molecule has 4 rings (SSSR count). The summed E-state index contributed by atoms with van der Waals surface area (Å²) in [6.07, 6.45) is -4.95. The number of carbonyl (C=O) groups excluding carboxylic acids is 2. The van der Waals surface area contributed by atoms with Gasteiger partial charge >= 0.3 is 6.18 Å². The molecule has 1 fully saturated rings. The molecule has 2 aliphatic heterocycles. The molecule has 1 aromatic rings. The van der Waals surface area contributed by atoms with Crippen LogP contribution in [-0.2, 0) is 24.3 Å². The van der Waals surface area contributed by atoms with Crippen LogP contribution < -0.4 is 4.72 Å². The summed E-state index contributed by atoms with van der Waals surface area (Å²) in [6, 6.07) is 4.46. The van der Waals surface area contributed by atoms with Gasteiger partial charge in [-0.1, -0.05) is 25.4 Å². The number of Topliss-reactive ketones (excluding diaryl/α,β-unsaturated/α-hetero) is 1. The lowest BCUT2D eigenvalue weighted by Gasteiger charge is -2.35. The predicted octanol–water partition coefficient (Wildman–Crippen LogP) is 3.58. The van der Waals surface area contributed by atoms with Gasteiger partial charge in [0.15, 0.2) is 5.78 Å². The molecule has 1 N–H and O–H groups in total. The summed E-state index contributed by atoms with van der Waals surface area (Å²) in [6.45, 7) is 3.65. The van der Waals surface area contributed by atoms with E-state index in [0.717, 1.165) is 17.0 Å². The molecule has 1 saturated heterocycles. The van der Waals surface area contributed by atoms with E-state index < -0.39 is 55.4 Å². The van der Waals surface area contributed by atoms with Gasteiger partial charge in [0.2, 0.25) is 15.6 Å². The van der Waals surface area contributed by atoms with Crippen molar-refractivity contribution in [3.05, 3.63) is 40.6 Å². The van der Waals surface area contributed by atoms with Crippen LogP contribution in [0.15, 0.2) is 40.4 Å². The Balaban J connectivity index is 1.88. The highest BCUT2D eigenvalue weighted by Crippen LogP contribution is 2.52. The summed E-state index contributed by atoms with van der Waals surface area (Å²) < 4.78 is 77.6. The SMILES string of the molecule is CC1(C)CC(=O)C2=C(C1)N(C[C@H]1CCCO1)C(=O)[C@]2(NS(=O)(=O)c1ccc(Cl)cc1)C(F)(F)F. The van der Waals surface area contributed by atoms with E-state index >= 15 is 0 Å². The summed E-state index contributed by atoms with van der Waals surface area (Å²) in [7, 11) is -4.88. The van der Waals surface area contributed by atoms with Crippen molar-refractivity contribution in [3.63, 3.8) is 0 Å². The highest BCUT2D eigenvalue weighted by Gasteiger charge is 2.72. The predicted molar refractivity (Wildman–Crippen MR) is 116 cm³/mol. The van der Waals surface area contributed by atoms with Crippen molar-refractivity contribution in [1.29, 1.82) is 0 Å². The number of ether oxygens (including phenoxy) is 1. The fourth-order valence-electron chi connectivity index (χ4n) is 4.85. The van der Waals surface area contributed by atoms with Gasteiger partial charge in [0.25, 0.3) is 5.91 Å². The Morgan fingerprint density at radius 3 is 2.38 bits per heavy atom. The molecular formula is C22H24ClF3N2O5S. The normalized spacial score (nSPS) is 27.5. The van der Waals surface area contributed by atoms with Crippen LogP contribution in [0, 0.1) is 5.41 Å². The first-order chi connectivity index (χ1) is 15.7. The van der Waals surface area contributed by atoms with E-state index in [2.05, 4.69) is 0 Å². The van der Waals surface area contributed by atoms with Gasteiger partial charge < -0.3 is 9.64 Å². The minimum absolute atomic E-state index is 0.00698. The van der Waals surface area contributed by atoms with Crippen molar-refractivity contribution >= 4 is 33.3 Å². The molecule has 0 unspecified atom stereocenters. The molecule has 0 spiro atoms. The molecule has 0 aromatic heterocycles. The number of halogens is 4. The number of carbonyl (C=O) groups is 2. The Labute approximate surface area is 200 Å². The lowest BCUT2D eigenvalue weighted by atomic mass is 9.72. The van der Waals surface area contributed by atoms with Crippen LogP contribution in [0.5, 0.6) is 0 Å². The first-order valence-electron chi connectivity index (χ1n) is 10.7. The topological polar surface area (TPSA) is 92.8 Å². The zero-order chi connectivity index (χ0) is 25.1. The number of hydrogen-bond acceptors (Lipinski definition) is 5. The third-order valence-corrected chi connectivity index (χ3v) is 8.09. The molecule has 12 heteroatoms. The molecule has 186 valence electrons. The number of nitrogens with one attached hydrogen (secondary N) is 1. The molecule has 0 radical (unpaired) electrons. The van der Waals surface area contributed by atoms with Crippen LogP contribution in [0.4, 0.5) is 13.2 Å². The maximum absolute atomic E-state index is 14.8. The van der Waals surface area contributed by atoms with Crippen LogP contribution in [0.2, 0.25) is 5.02 Å². The zero-order valence-electron chi connectivity index (χ0n) is 18.5. The number of nitrogens with zero attached hydrogens (tertiary/aromatic N) is 1. The van der Waals surface area contributed by atoms with Gasteiger partial charge in [-0.25, -0.2) is 8.42 Å². The summed E-state index contributed by atoms with van der Waals surface area (Å²) in [4.78, 5) is 27.1. The fraction of sp³-hybridized carbons (Fsp3) is 0.545. The second-order valence-corrected chi connectivity index (χ2v) is 11.7. The second kappa shape index (κ2) is 8.32. The van der Waals surface area contributed by atoms with Gasteiger partial charge in [-0.15, -0.1) is 0 Å². The molecular weight excluding hydrogens is 497 g/mol. The van der Waals surface area contributed by atoms with E-state index in [1.54, 1.807) is 18.6 Å². The van der Waals surface area contributed by atoms with E-state index in [9.17, 15) is 31.2 Å². The number of benzene rings is 1. The van der Waals surface area contributed by atoms with Crippen molar-refractivity contribution in [2.75, 3.05) is 13.2 Å². The van der Waals surface area contributed by atoms with Crippen molar-refractivity contribution in [1.82, 2.24) is 9.62 Å². The number of rotatable bonds is 5. The molecule has 7 nitrogen and oxygen atoms in total. The molecule has 3 aliphatic rings. The van der Waals surface area contributed by atoms with Crippen molar-refractivity contribution in [3.8, 4) is 0 Å². The fourth-order valence-corrected chi connectivity index (χ4v) is 6.30. The average Bonchev–Trinajstić information content (AvgIpc) is 3.28. The van der Waals surface area contributed by atoms with Gasteiger partial charge in [-0.3, -0.25) is 9.59 Å². The third-order valence-electron chi connectivity index (χ3n) is 6.37. The first-order valence-corrected chi connectivity index (χ1v) is 12.6. The van der Waals surface area contributed by atoms with E-state index in [4.69, 9.17) is 16.3 Å². The summed E-state index contributed by atoms with van der Waals surface area (Å²) in [5, 5.41) is 0.179. The average molecular weight is 521 g/mol. The molecule has 0 saturated carbocycles. The van der Waals surface area contributed by atoms with E-state index in [1.165, 1.54) is 12.1 Å². The molecule has 0 bridgehead atoms. The highest BCUT2D eigenvalue weighted by molar-refractivity contribution is 7.89. The second-order valence-electron chi connectivity index (χ2n) is 9.62. The minimum Gasteiger partial charge on any atom is -0.376 e. The summed E-state index contributed by atoms with van der Waals surface area (Å²) >= 11 is 5.77. The van der Waals surface area contributed by atoms with Gasteiger partial charge in [-0.05, 0) is 48.9 Å². The summed E-state index contributed by atoms with van der Waals surface area (Å²) in [5.41, 5.74) is -5.38. The van der Waals surface area contributed by atoms with Crippen LogP contribution in [0.3, 0.4) is 0 Å². The molecule has 1 amide bonds. The standard InChI is InChI=1S/C22H24ClF3N2O5S/c1-20(2)10-16-18(17(29)11-20)21(22(24,25)26,19(30)28(16)12-14-4-3-9-33-14)27-34(31,32)15-7-5-13(23)6-8-15/h5-8,14,27H,3-4,9-12H2,1-2H3/t14-,21+/m1/s1. The molecule has 1 aromatic carbocycles. The maximum atomic E-state index is 14.8. The summed E-state index contributed by atoms with van der Waals surface area (Å²) in [5.74, 6) is -2.45. The first kappa shape index (κ1) is 25.2. The number of ketones is 1. The van der Waals surface area contributed by atoms with Crippen molar-refractivity contribution in [2.45, 2.75) is 62.2 Å². The Hall–Kier alpha value is -1.95. The number of allylic oxidation sites excluding steroid dienone is 1. The van der Waals surface area contributed by atoms with Gasteiger partial charge in [0.05, 0.1) is 23.1 Å². The molecule has 2 heterocycles. The number of hydrogen-bond donors (Lipinski definition) is 1. The smallest absolute Gasteiger partial charge is 0.376 e. The zero-order valence-corrected chi connectivity index (χ0v) is 20.1. The van der Waals surface area contributed by atoms with Gasteiger partial charge in [0.1, 0.15) is 0 Å². The molecule has 2 atom stereocenters. The largest absolute Gasteiger partial charge is 0.421 e. The van der Waals surface area contributed by atoms with E-state index in [-0.39, 0.29) is 30.1 Å². The Morgan fingerprint density at radius 2 is 1.82 bits per heavy atom. The molecule has 34 heavy (non-hydrogen) atoms. The number of sulfonamides is 1. The number of amides is 1. The lowest BCUT2D eigenvalue weighted by molar-refractivity contribution is -0.189. The Bertz CT molecular complexity index is 1160. The Kier molecular flexibility index (Phi) is 6.16. The van der Waals surface area contributed by atoms with Crippen LogP contribution in [-0.4, -0.2) is 56.0 Å². The van der Waals surface area contributed by atoms with Crippen molar-refractivity contribution in [2.24, 2.45) is 5.41 Å². The van der Waals surface area contributed by atoms with E-state index in [0.29, 0.717) is 19.4 Å². The number of alkyl halides is 3. The lowest BCUT2D eigenvalue weighted by Crippen LogP contribution is -2.66. The highest BCUT2D eigenvalue weighted by atomic mass is 35.5. The van der Waals surface area contributed by atoms with Crippen molar-refractivity contribution < 1.29 is 35.9 Å². The maximum Gasteiger partial charge on any atom is 0.421 e. The minimum atomic E-state index is -5.42. The third kappa shape index (κ3) is 4.16. The van der Waals surface area contributed by atoms with E-state index in [1.807, 2.05) is 0 Å². The molecule has 1 aliphatic carbocycles. The van der Waals surface area contributed by atoms with Crippen LogP contribution in [0.25, 0.3) is 0 Å². The van der Waals surface area contributed by atoms with Gasteiger partial charge in [-0.2, -0.15) is 17.9 Å².